The van der Waals surface area contributed by atoms with E-state index in [2.05, 4.69) is 15.9 Å². The van der Waals surface area contributed by atoms with Gasteiger partial charge in [0.15, 0.2) is 5.78 Å². The number of benzene rings is 1. The zero-order valence-corrected chi connectivity index (χ0v) is 11.2. The number of Topliss-reactive ketones (excluding diaryl/α,β-unsaturated/α-hetero) is 1. The molecule has 0 radical (unpaired) electrons. The maximum Gasteiger partial charge on any atom is 0.168 e. The van der Waals surface area contributed by atoms with E-state index in [0.29, 0.717) is 12.2 Å². The number of halogens is 2. The minimum Gasteiger partial charge on any atom is -0.367 e. The molecule has 1 aromatic rings. The molecule has 0 saturated carbocycles. The van der Waals surface area contributed by atoms with E-state index in [4.69, 9.17) is 4.74 Å². The summed E-state index contributed by atoms with van der Waals surface area (Å²) in [6.07, 6.45) is 1.70. The van der Waals surface area contributed by atoms with Crippen molar-refractivity contribution < 1.29 is 13.9 Å². The smallest absolute Gasteiger partial charge is 0.168 e. The molecule has 92 valence electrons. The number of ketones is 1. The molecular weight excluding hydrogens is 287 g/mol. The Bertz CT molecular complexity index is 439. The molecule has 0 N–H and O–H groups in total. The number of carbonyl (C=O) groups is 1. The van der Waals surface area contributed by atoms with E-state index < -0.39 is 5.60 Å². The fourth-order valence-corrected chi connectivity index (χ4v) is 2.45. The van der Waals surface area contributed by atoms with Crippen LogP contribution in [0, 0.1) is 5.82 Å². The molecule has 1 heterocycles. The van der Waals surface area contributed by atoms with Gasteiger partial charge >= 0.3 is 0 Å². The summed E-state index contributed by atoms with van der Waals surface area (Å²) in [5, 5.41) is 0. The summed E-state index contributed by atoms with van der Waals surface area (Å²) in [7, 11) is 0. The summed E-state index contributed by atoms with van der Waals surface area (Å²) in [4.78, 5) is 12.1. The Morgan fingerprint density at radius 1 is 1.59 bits per heavy atom. The Kier molecular flexibility index (Phi) is 3.64. The maximum atomic E-state index is 13.5. The van der Waals surface area contributed by atoms with Crippen LogP contribution in [0.1, 0.15) is 25.3 Å². The van der Waals surface area contributed by atoms with Crippen LogP contribution in [-0.2, 0) is 16.0 Å². The number of carbonyl (C=O) groups excluding carboxylic acids is 1. The number of hydrogen-bond acceptors (Lipinski definition) is 2. The molecule has 1 aliphatic heterocycles. The molecule has 2 nitrogen and oxygen atoms in total. The van der Waals surface area contributed by atoms with Crippen molar-refractivity contribution in [1.29, 1.82) is 0 Å². The highest BCUT2D eigenvalue weighted by molar-refractivity contribution is 9.10. The predicted octanol–water partition coefficient (Wildman–Crippen LogP) is 3.27. The first kappa shape index (κ1) is 12.7. The SMILES string of the molecule is CC1(C(=O)Cc2cc(Br)ccc2F)CCCO1. The van der Waals surface area contributed by atoms with Crippen LogP contribution in [-0.4, -0.2) is 18.0 Å². The zero-order valence-electron chi connectivity index (χ0n) is 9.63. The lowest BCUT2D eigenvalue weighted by atomic mass is 9.92. The van der Waals surface area contributed by atoms with Crippen molar-refractivity contribution >= 4 is 21.7 Å². The van der Waals surface area contributed by atoms with Gasteiger partial charge in [-0.15, -0.1) is 0 Å². The van der Waals surface area contributed by atoms with Crippen molar-refractivity contribution in [1.82, 2.24) is 0 Å². The fraction of sp³-hybridized carbons (Fsp3) is 0.462. The molecule has 0 spiro atoms. The third-order valence-electron chi connectivity index (χ3n) is 3.17. The van der Waals surface area contributed by atoms with E-state index >= 15 is 0 Å². The summed E-state index contributed by atoms with van der Waals surface area (Å²) in [5.41, 5.74) is -0.310. The van der Waals surface area contributed by atoms with Gasteiger partial charge in [0, 0.05) is 17.5 Å². The second-order valence-electron chi connectivity index (χ2n) is 4.52. The summed E-state index contributed by atoms with van der Waals surface area (Å²) >= 11 is 3.27. The molecule has 0 bridgehead atoms. The Morgan fingerprint density at radius 3 is 3.00 bits per heavy atom. The maximum absolute atomic E-state index is 13.5. The van der Waals surface area contributed by atoms with Crippen molar-refractivity contribution in [2.45, 2.75) is 31.8 Å². The van der Waals surface area contributed by atoms with E-state index in [1.165, 1.54) is 6.07 Å². The van der Waals surface area contributed by atoms with Crippen LogP contribution in [0.5, 0.6) is 0 Å². The Labute approximate surface area is 108 Å². The van der Waals surface area contributed by atoms with Crippen LogP contribution in [0.15, 0.2) is 22.7 Å². The molecule has 1 saturated heterocycles. The van der Waals surface area contributed by atoms with Gasteiger partial charge in [0.25, 0.3) is 0 Å². The number of rotatable bonds is 3. The Morgan fingerprint density at radius 2 is 2.35 bits per heavy atom. The molecule has 2 rings (SSSR count). The molecule has 0 amide bonds. The van der Waals surface area contributed by atoms with Gasteiger partial charge in [-0.1, -0.05) is 15.9 Å². The highest BCUT2D eigenvalue weighted by atomic mass is 79.9. The van der Waals surface area contributed by atoms with Gasteiger partial charge in [0.1, 0.15) is 11.4 Å². The third-order valence-corrected chi connectivity index (χ3v) is 3.66. The van der Waals surface area contributed by atoms with Crippen LogP contribution < -0.4 is 0 Å². The summed E-state index contributed by atoms with van der Waals surface area (Å²) < 4.78 is 19.8. The lowest BCUT2D eigenvalue weighted by Crippen LogP contribution is -2.35. The zero-order chi connectivity index (χ0) is 12.5. The molecule has 0 aromatic heterocycles. The monoisotopic (exact) mass is 300 g/mol. The molecule has 1 fully saturated rings. The van der Waals surface area contributed by atoms with E-state index in [0.717, 1.165) is 17.3 Å². The third kappa shape index (κ3) is 2.75. The second-order valence-corrected chi connectivity index (χ2v) is 5.43. The van der Waals surface area contributed by atoms with Crippen LogP contribution in [0.3, 0.4) is 0 Å². The predicted molar refractivity (Wildman–Crippen MR) is 66.4 cm³/mol. The van der Waals surface area contributed by atoms with Gasteiger partial charge in [-0.05, 0) is 43.5 Å². The van der Waals surface area contributed by atoms with Crippen molar-refractivity contribution in [3.63, 3.8) is 0 Å². The van der Waals surface area contributed by atoms with E-state index in [9.17, 15) is 9.18 Å². The summed E-state index contributed by atoms with van der Waals surface area (Å²) in [6, 6.07) is 4.63. The van der Waals surface area contributed by atoms with Crippen molar-refractivity contribution in [3.8, 4) is 0 Å². The first-order valence-corrected chi connectivity index (χ1v) is 6.42. The Hall–Kier alpha value is -0.740. The van der Waals surface area contributed by atoms with Gasteiger partial charge < -0.3 is 4.74 Å². The van der Waals surface area contributed by atoms with Crippen LogP contribution in [0.2, 0.25) is 0 Å². The quantitative estimate of drug-likeness (QED) is 0.856. The minimum absolute atomic E-state index is 0.0491. The van der Waals surface area contributed by atoms with Gasteiger partial charge in [0.2, 0.25) is 0 Å². The average Bonchev–Trinajstić information content (AvgIpc) is 2.72. The van der Waals surface area contributed by atoms with Crippen LogP contribution >= 0.6 is 15.9 Å². The van der Waals surface area contributed by atoms with Gasteiger partial charge in [-0.2, -0.15) is 0 Å². The number of hydrogen-bond donors (Lipinski definition) is 0. The minimum atomic E-state index is -0.727. The topological polar surface area (TPSA) is 26.3 Å². The van der Waals surface area contributed by atoms with Crippen LogP contribution in [0.4, 0.5) is 4.39 Å². The Balaban J connectivity index is 2.15. The van der Waals surface area contributed by atoms with Gasteiger partial charge in [0.05, 0.1) is 0 Å². The summed E-state index contributed by atoms with van der Waals surface area (Å²) in [6.45, 7) is 2.40. The standard InChI is InChI=1S/C13H14BrFO2/c1-13(5-2-6-17-13)12(16)8-9-7-10(14)3-4-11(9)15/h3-4,7H,2,5-6,8H2,1H3. The average molecular weight is 301 g/mol. The highest BCUT2D eigenvalue weighted by Crippen LogP contribution is 2.28. The first-order valence-electron chi connectivity index (χ1n) is 5.62. The second kappa shape index (κ2) is 4.86. The van der Waals surface area contributed by atoms with Gasteiger partial charge in [-0.3, -0.25) is 4.79 Å². The fourth-order valence-electron chi connectivity index (χ4n) is 2.04. The molecule has 17 heavy (non-hydrogen) atoms. The van der Waals surface area contributed by atoms with Crippen molar-refractivity contribution in [2.24, 2.45) is 0 Å². The molecule has 0 aliphatic carbocycles. The van der Waals surface area contributed by atoms with E-state index in [1.54, 1.807) is 19.1 Å². The summed E-state index contributed by atoms with van der Waals surface area (Å²) in [5.74, 6) is -0.393. The van der Waals surface area contributed by atoms with Crippen molar-refractivity contribution in [3.05, 3.63) is 34.1 Å². The largest absolute Gasteiger partial charge is 0.367 e. The molecule has 1 atom stereocenters. The highest BCUT2D eigenvalue weighted by Gasteiger charge is 2.37. The van der Waals surface area contributed by atoms with Crippen LogP contribution in [0.25, 0.3) is 0 Å². The molecule has 4 heteroatoms. The molecule has 1 unspecified atom stereocenters. The van der Waals surface area contributed by atoms with Crippen molar-refractivity contribution in [2.75, 3.05) is 6.61 Å². The number of ether oxygens (including phenoxy) is 1. The first-order chi connectivity index (χ1) is 8.01. The normalized spacial score (nSPS) is 23.9. The van der Waals surface area contributed by atoms with E-state index in [1.807, 2.05) is 0 Å². The lowest BCUT2D eigenvalue weighted by Gasteiger charge is -2.21. The van der Waals surface area contributed by atoms with Gasteiger partial charge in [-0.25, -0.2) is 4.39 Å². The molecule has 1 aromatic carbocycles. The molecule has 1 aliphatic rings. The lowest BCUT2D eigenvalue weighted by molar-refractivity contribution is -0.136. The molecular formula is C13H14BrFO2. The van der Waals surface area contributed by atoms with E-state index in [-0.39, 0.29) is 18.0 Å².